The van der Waals surface area contributed by atoms with Crippen LogP contribution in [0.5, 0.6) is 5.75 Å². The van der Waals surface area contributed by atoms with Crippen LogP contribution in [0.25, 0.3) is 10.6 Å². The summed E-state index contributed by atoms with van der Waals surface area (Å²) in [6.45, 7) is 4.08. The van der Waals surface area contributed by atoms with Gasteiger partial charge in [-0.2, -0.15) is 0 Å². The zero-order chi connectivity index (χ0) is 20.1. The molecule has 1 fully saturated rings. The highest BCUT2D eigenvalue weighted by molar-refractivity contribution is 7.13. The first-order valence-corrected chi connectivity index (χ1v) is 10.8. The number of hydrogen-bond acceptors (Lipinski definition) is 6. The highest BCUT2D eigenvalue weighted by Gasteiger charge is 2.26. The van der Waals surface area contributed by atoms with Crippen LogP contribution in [0.1, 0.15) is 19.8 Å². The number of anilines is 2. The Hall–Kier alpha value is -2.93. The molecule has 0 spiro atoms. The smallest absolute Gasteiger partial charge is 0.227 e. The van der Waals surface area contributed by atoms with E-state index in [2.05, 4.69) is 20.4 Å². The van der Waals surface area contributed by atoms with Gasteiger partial charge < -0.3 is 15.0 Å². The third-order valence-corrected chi connectivity index (χ3v) is 5.95. The van der Waals surface area contributed by atoms with Crippen molar-refractivity contribution in [2.45, 2.75) is 19.8 Å². The van der Waals surface area contributed by atoms with E-state index in [9.17, 15) is 4.79 Å². The van der Waals surface area contributed by atoms with Crippen LogP contribution in [0.3, 0.4) is 0 Å². The number of carbonyl (C=O) groups is 1. The molecule has 6 nitrogen and oxygen atoms in total. The summed E-state index contributed by atoms with van der Waals surface area (Å²) in [5.41, 5.74) is 1.63. The van der Waals surface area contributed by atoms with Crippen molar-refractivity contribution >= 4 is 28.7 Å². The van der Waals surface area contributed by atoms with Gasteiger partial charge in [-0.25, -0.2) is 0 Å². The Kier molecular flexibility index (Phi) is 6.05. The molecule has 1 N–H and O–H groups in total. The van der Waals surface area contributed by atoms with Crippen molar-refractivity contribution in [2.24, 2.45) is 5.92 Å². The lowest BCUT2D eigenvalue weighted by Gasteiger charge is -2.31. The summed E-state index contributed by atoms with van der Waals surface area (Å²) in [7, 11) is 0. The highest BCUT2D eigenvalue weighted by Crippen LogP contribution is 2.28. The van der Waals surface area contributed by atoms with E-state index in [1.807, 2.05) is 60.8 Å². The first-order valence-electron chi connectivity index (χ1n) is 9.90. The largest absolute Gasteiger partial charge is 0.492 e. The average Bonchev–Trinajstić information content (AvgIpc) is 3.30. The van der Waals surface area contributed by atoms with Gasteiger partial charge in [0.25, 0.3) is 0 Å². The molecule has 3 aromatic rings. The number of ether oxygens (including phenoxy) is 1. The molecule has 4 rings (SSSR count). The number of thiophene rings is 1. The fourth-order valence-corrected chi connectivity index (χ4v) is 4.20. The van der Waals surface area contributed by atoms with E-state index in [0.717, 1.165) is 48.0 Å². The van der Waals surface area contributed by atoms with Crippen LogP contribution in [-0.2, 0) is 4.79 Å². The maximum absolute atomic E-state index is 12.7. The quantitative estimate of drug-likeness (QED) is 0.652. The molecular weight excluding hydrogens is 384 g/mol. The Morgan fingerprint density at radius 2 is 1.97 bits per heavy atom. The molecule has 0 saturated carbocycles. The van der Waals surface area contributed by atoms with E-state index in [4.69, 9.17) is 4.74 Å². The number of para-hydroxylation sites is 2. The summed E-state index contributed by atoms with van der Waals surface area (Å²) in [6, 6.07) is 15.6. The Morgan fingerprint density at radius 3 is 2.66 bits per heavy atom. The van der Waals surface area contributed by atoms with E-state index < -0.39 is 0 Å². The lowest BCUT2D eigenvalue weighted by Crippen LogP contribution is -2.38. The molecule has 0 bridgehead atoms. The molecule has 1 aliphatic rings. The van der Waals surface area contributed by atoms with Gasteiger partial charge in [0.15, 0.2) is 5.82 Å². The van der Waals surface area contributed by atoms with Crippen LogP contribution in [0.4, 0.5) is 11.5 Å². The van der Waals surface area contributed by atoms with Gasteiger partial charge in [-0.1, -0.05) is 18.2 Å². The number of amides is 1. The van der Waals surface area contributed by atoms with Gasteiger partial charge in [-0.15, -0.1) is 21.5 Å². The molecular formula is C22H24N4O2S. The highest BCUT2D eigenvalue weighted by atomic mass is 32.1. The van der Waals surface area contributed by atoms with Gasteiger partial charge in [-0.3, -0.25) is 4.79 Å². The van der Waals surface area contributed by atoms with Crippen molar-refractivity contribution in [3.8, 4) is 16.3 Å². The molecule has 3 heterocycles. The fraction of sp³-hybridized carbons (Fsp3) is 0.318. The van der Waals surface area contributed by atoms with Crippen LogP contribution in [0, 0.1) is 5.92 Å². The van der Waals surface area contributed by atoms with E-state index in [1.54, 1.807) is 11.3 Å². The first-order chi connectivity index (χ1) is 14.2. The summed E-state index contributed by atoms with van der Waals surface area (Å²) >= 11 is 1.66. The predicted octanol–water partition coefficient (Wildman–Crippen LogP) is 4.46. The standard InChI is InChI=1S/C22H24N4O2S/c1-2-28-19-7-4-3-6-17(19)23-22(27)16-11-13-26(14-12-16)21-10-9-18(24-25-21)20-8-5-15-29-20/h3-10,15-16H,2,11-14H2,1H3,(H,23,27). The molecule has 0 unspecified atom stereocenters. The normalized spacial score (nSPS) is 14.6. The summed E-state index contributed by atoms with van der Waals surface area (Å²) in [5, 5.41) is 13.8. The lowest BCUT2D eigenvalue weighted by molar-refractivity contribution is -0.120. The van der Waals surface area contributed by atoms with Crippen molar-refractivity contribution in [1.82, 2.24) is 10.2 Å². The van der Waals surface area contributed by atoms with Crippen LogP contribution in [-0.4, -0.2) is 35.8 Å². The third-order valence-electron chi connectivity index (χ3n) is 5.06. The van der Waals surface area contributed by atoms with E-state index >= 15 is 0 Å². The second kappa shape index (κ2) is 9.05. The molecule has 2 aromatic heterocycles. The molecule has 7 heteroatoms. The number of nitrogens with one attached hydrogen (secondary N) is 1. The Morgan fingerprint density at radius 1 is 1.14 bits per heavy atom. The SMILES string of the molecule is CCOc1ccccc1NC(=O)C1CCN(c2ccc(-c3cccs3)nn2)CC1. The van der Waals surface area contributed by atoms with Crippen molar-refractivity contribution in [1.29, 1.82) is 0 Å². The van der Waals surface area contributed by atoms with Gasteiger partial charge in [0.2, 0.25) is 5.91 Å². The maximum atomic E-state index is 12.7. The van der Waals surface area contributed by atoms with Crippen molar-refractivity contribution < 1.29 is 9.53 Å². The minimum absolute atomic E-state index is 0.0146. The van der Waals surface area contributed by atoms with Crippen LogP contribution in [0.2, 0.25) is 0 Å². The topological polar surface area (TPSA) is 67.3 Å². The zero-order valence-electron chi connectivity index (χ0n) is 16.4. The average molecular weight is 409 g/mol. The van der Waals surface area contributed by atoms with Gasteiger partial charge in [-0.05, 0) is 55.5 Å². The lowest BCUT2D eigenvalue weighted by atomic mass is 9.95. The number of hydrogen-bond donors (Lipinski definition) is 1. The second-order valence-electron chi connectivity index (χ2n) is 6.93. The number of piperidine rings is 1. The monoisotopic (exact) mass is 408 g/mol. The molecule has 1 amide bonds. The van der Waals surface area contributed by atoms with Gasteiger partial charge >= 0.3 is 0 Å². The summed E-state index contributed by atoms with van der Waals surface area (Å²) in [5.74, 6) is 1.61. The van der Waals surface area contributed by atoms with Gasteiger partial charge in [0.05, 0.1) is 17.2 Å². The molecule has 1 aromatic carbocycles. The van der Waals surface area contributed by atoms with Crippen molar-refractivity contribution in [3.05, 3.63) is 53.9 Å². The number of carbonyl (C=O) groups excluding carboxylic acids is 1. The van der Waals surface area contributed by atoms with Crippen molar-refractivity contribution in [2.75, 3.05) is 29.9 Å². The van der Waals surface area contributed by atoms with E-state index in [0.29, 0.717) is 12.4 Å². The Bertz CT molecular complexity index is 936. The molecule has 0 aliphatic carbocycles. The number of nitrogens with zero attached hydrogens (tertiary/aromatic N) is 3. The van der Waals surface area contributed by atoms with Gasteiger partial charge in [0, 0.05) is 19.0 Å². The summed E-state index contributed by atoms with van der Waals surface area (Å²) < 4.78 is 5.60. The number of aromatic nitrogens is 2. The maximum Gasteiger partial charge on any atom is 0.227 e. The van der Waals surface area contributed by atoms with Crippen LogP contribution >= 0.6 is 11.3 Å². The molecule has 150 valence electrons. The molecule has 29 heavy (non-hydrogen) atoms. The first kappa shape index (κ1) is 19.4. The minimum atomic E-state index is -0.0146. The summed E-state index contributed by atoms with van der Waals surface area (Å²) in [4.78, 5) is 16.0. The van der Waals surface area contributed by atoms with Crippen LogP contribution < -0.4 is 15.0 Å². The molecule has 1 aliphatic heterocycles. The second-order valence-corrected chi connectivity index (χ2v) is 7.88. The number of rotatable bonds is 6. The van der Waals surface area contributed by atoms with Gasteiger partial charge in [0.1, 0.15) is 11.4 Å². The Balaban J connectivity index is 1.34. The van der Waals surface area contributed by atoms with Crippen molar-refractivity contribution in [3.63, 3.8) is 0 Å². The summed E-state index contributed by atoms with van der Waals surface area (Å²) in [6.07, 6.45) is 1.58. The molecule has 0 atom stereocenters. The van der Waals surface area contributed by atoms with Crippen LogP contribution in [0.15, 0.2) is 53.9 Å². The minimum Gasteiger partial charge on any atom is -0.492 e. The zero-order valence-corrected chi connectivity index (χ0v) is 17.2. The fourth-order valence-electron chi connectivity index (χ4n) is 3.51. The molecule has 0 radical (unpaired) electrons. The predicted molar refractivity (Wildman–Crippen MR) is 117 cm³/mol. The Labute approximate surface area is 174 Å². The third kappa shape index (κ3) is 4.56. The number of benzene rings is 1. The van der Waals surface area contributed by atoms with E-state index in [-0.39, 0.29) is 11.8 Å². The molecule has 1 saturated heterocycles. The van der Waals surface area contributed by atoms with E-state index in [1.165, 1.54) is 0 Å².